The van der Waals surface area contributed by atoms with Gasteiger partial charge in [-0.25, -0.2) is 4.68 Å². The van der Waals surface area contributed by atoms with Crippen molar-refractivity contribution >= 4 is 17.5 Å². The van der Waals surface area contributed by atoms with Gasteiger partial charge in [-0.3, -0.25) is 0 Å². The van der Waals surface area contributed by atoms with Crippen LogP contribution in [0.1, 0.15) is 49.3 Å². The van der Waals surface area contributed by atoms with Gasteiger partial charge in [-0.05, 0) is 55.0 Å². The van der Waals surface area contributed by atoms with Gasteiger partial charge in [0.25, 0.3) is 0 Å². The van der Waals surface area contributed by atoms with E-state index in [-0.39, 0.29) is 6.04 Å². The van der Waals surface area contributed by atoms with Crippen molar-refractivity contribution in [3.63, 3.8) is 0 Å². The molecule has 0 spiro atoms. The molecule has 0 unspecified atom stereocenters. The Labute approximate surface area is 193 Å². The minimum atomic E-state index is 0.258. The van der Waals surface area contributed by atoms with Crippen LogP contribution in [0.2, 0.25) is 0 Å². The number of nitrogens with two attached hydrogens (primary N) is 1. The van der Waals surface area contributed by atoms with Crippen LogP contribution < -0.4 is 16.0 Å². The SMILES string of the molecule is Cc1ccc(-n2cccn2)cc1CNc1nc(N2CCC(N)CC2)nc2c(C(C)C)cnn12. The van der Waals surface area contributed by atoms with Crippen LogP contribution >= 0.6 is 0 Å². The summed E-state index contributed by atoms with van der Waals surface area (Å²) in [6.07, 6.45) is 7.54. The summed E-state index contributed by atoms with van der Waals surface area (Å²) in [5, 5.41) is 12.5. The lowest BCUT2D eigenvalue weighted by Crippen LogP contribution is -2.40. The van der Waals surface area contributed by atoms with Gasteiger partial charge in [0, 0.05) is 43.6 Å². The zero-order valence-electron chi connectivity index (χ0n) is 19.4. The second kappa shape index (κ2) is 8.82. The van der Waals surface area contributed by atoms with Crippen LogP contribution in [0.25, 0.3) is 11.3 Å². The molecule has 0 aliphatic carbocycles. The molecule has 172 valence electrons. The molecule has 1 aliphatic heterocycles. The van der Waals surface area contributed by atoms with Crippen molar-refractivity contribution in [1.82, 2.24) is 29.4 Å². The zero-order valence-corrected chi connectivity index (χ0v) is 19.4. The van der Waals surface area contributed by atoms with E-state index in [1.54, 1.807) is 6.20 Å². The average Bonchev–Trinajstić information content (AvgIpc) is 3.49. The fourth-order valence-corrected chi connectivity index (χ4v) is 4.23. The maximum absolute atomic E-state index is 6.12. The van der Waals surface area contributed by atoms with Gasteiger partial charge in [0.15, 0.2) is 5.65 Å². The van der Waals surface area contributed by atoms with E-state index in [4.69, 9.17) is 15.7 Å². The lowest BCUT2D eigenvalue weighted by Gasteiger charge is -2.30. The molecule has 1 aromatic carbocycles. The van der Waals surface area contributed by atoms with E-state index in [2.05, 4.69) is 59.4 Å². The number of nitrogens with zero attached hydrogens (tertiary/aromatic N) is 7. The highest BCUT2D eigenvalue weighted by molar-refractivity contribution is 5.56. The number of hydrogen-bond acceptors (Lipinski definition) is 7. The van der Waals surface area contributed by atoms with Gasteiger partial charge in [-0.2, -0.15) is 24.7 Å². The molecule has 1 fully saturated rings. The molecule has 9 nitrogen and oxygen atoms in total. The van der Waals surface area contributed by atoms with Crippen LogP contribution in [-0.4, -0.2) is 48.5 Å². The van der Waals surface area contributed by atoms with Crippen molar-refractivity contribution in [2.75, 3.05) is 23.3 Å². The van der Waals surface area contributed by atoms with Gasteiger partial charge < -0.3 is 16.0 Å². The molecule has 4 heterocycles. The molecule has 9 heteroatoms. The number of aromatic nitrogens is 6. The second-order valence-electron chi connectivity index (χ2n) is 9.08. The lowest BCUT2D eigenvalue weighted by atomic mass is 10.1. The summed E-state index contributed by atoms with van der Waals surface area (Å²) in [7, 11) is 0. The predicted molar refractivity (Wildman–Crippen MR) is 130 cm³/mol. The fourth-order valence-electron chi connectivity index (χ4n) is 4.23. The first-order valence-electron chi connectivity index (χ1n) is 11.6. The Hall–Kier alpha value is -3.46. The Morgan fingerprint density at radius 3 is 2.70 bits per heavy atom. The molecule has 0 radical (unpaired) electrons. The van der Waals surface area contributed by atoms with Crippen LogP contribution in [0.3, 0.4) is 0 Å². The highest BCUT2D eigenvalue weighted by Gasteiger charge is 2.22. The normalized spacial score (nSPS) is 15.0. The Bertz CT molecular complexity index is 1230. The van der Waals surface area contributed by atoms with Crippen molar-refractivity contribution in [1.29, 1.82) is 0 Å². The van der Waals surface area contributed by atoms with E-state index in [9.17, 15) is 0 Å². The third kappa shape index (κ3) is 4.28. The number of nitrogens with one attached hydrogen (secondary N) is 1. The summed E-state index contributed by atoms with van der Waals surface area (Å²) in [6, 6.07) is 8.54. The predicted octanol–water partition coefficient (Wildman–Crippen LogP) is 3.28. The zero-order chi connectivity index (χ0) is 22.9. The molecule has 0 bridgehead atoms. The third-order valence-electron chi connectivity index (χ3n) is 6.37. The molecular formula is C24H31N9. The molecule has 1 saturated heterocycles. The molecule has 33 heavy (non-hydrogen) atoms. The van der Waals surface area contributed by atoms with Gasteiger partial charge in [0.1, 0.15) is 0 Å². The van der Waals surface area contributed by atoms with Crippen molar-refractivity contribution in [2.45, 2.75) is 52.1 Å². The molecule has 3 aromatic heterocycles. The van der Waals surface area contributed by atoms with Crippen LogP contribution in [0, 0.1) is 6.92 Å². The number of fused-ring (bicyclic) bond motifs is 1. The Balaban J connectivity index is 1.48. The molecule has 4 aromatic rings. The summed E-state index contributed by atoms with van der Waals surface area (Å²) >= 11 is 0. The van der Waals surface area contributed by atoms with Crippen LogP contribution in [0.15, 0.2) is 42.9 Å². The van der Waals surface area contributed by atoms with Crippen LogP contribution in [-0.2, 0) is 6.54 Å². The van der Waals surface area contributed by atoms with E-state index in [0.717, 1.165) is 48.8 Å². The molecule has 3 N–H and O–H groups in total. The Kier molecular flexibility index (Phi) is 5.72. The quantitative estimate of drug-likeness (QED) is 0.469. The molecule has 5 rings (SSSR count). The standard InChI is InChI=1S/C24H31N9/c1-16(2)21-15-28-33-22(21)29-24(31-11-7-19(25)8-12-31)30-23(33)26-14-18-13-20(6-5-17(18)3)32-10-4-9-27-32/h4-6,9-10,13,15-16,19H,7-8,11-12,14,25H2,1-3H3,(H,26,29,30). The summed E-state index contributed by atoms with van der Waals surface area (Å²) < 4.78 is 3.69. The van der Waals surface area contributed by atoms with Gasteiger partial charge in [0.05, 0.1) is 11.9 Å². The Morgan fingerprint density at radius 2 is 1.97 bits per heavy atom. The highest BCUT2D eigenvalue weighted by Crippen LogP contribution is 2.25. The first-order valence-corrected chi connectivity index (χ1v) is 11.6. The summed E-state index contributed by atoms with van der Waals surface area (Å²) in [5.41, 5.74) is 11.5. The first kappa shape index (κ1) is 21.4. The van der Waals surface area contributed by atoms with Gasteiger partial charge >= 0.3 is 0 Å². The minimum absolute atomic E-state index is 0.258. The summed E-state index contributed by atoms with van der Waals surface area (Å²) in [6.45, 7) is 8.80. The van der Waals surface area contributed by atoms with Gasteiger partial charge in [-0.15, -0.1) is 0 Å². The monoisotopic (exact) mass is 445 g/mol. The van der Waals surface area contributed by atoms with Crippen molar-refractivity contribution in [2.24, 2.45) is 5.73 Å². The van der Waals surface area contributed by atoms with Crippen molar-refractivity contribution in [3.8, 4) is 5.69 Å². The maximum Gasteiger partial charge on any atom is 0.230 e. The van der Waals surface area contributed by atoms with Crippen molar-refractivity contribution in [3.05, 3.63) is 59.5 Å². The highest BCUT2D eigenvalue weighted by atomic mass is 15.4. The number of benzene rings is 1. The number of piperidine rings is 1. The van der Waals surface area contributed by atoms with E-state index >= 15 is 0 Å². The number of rotatable bonds is 6. The van der Waals surface area contributed by atoms with E-state index in [1.807, 2.05) is 27.7 Å². The van der Waals surface area contributed by atoms with E-state index < -0.39 is 0 Å². The van der Waals surface area contributed by atoms with E-state index in [1.165, 1.54) is 11.1 Å². The third-order valence-corrected chi connectivity index (χ3v) is 6.37. The average molecular weight is 446 g/mol. The lowest BCUT2D eigenvalue weighted by molar-refractivity contribution is 0.495. The Morgan fingerprint density at radius 1 is 1.15 bits per heavy atom. The number of anilines is 2. The second-order valence-corrected chi connectivity index (χ2v) is 9.08. The van der Waals surface area contributed by atoms with Crippen molar-refractivity contribution < 1.29 is 0 Å². The van der Waals surface area contributed by atoms with Gasteiger partial charge in [0.2, 0.25) is 11.9 Å². The summed E-state index contributed by atoms with van der Waals surface area (Å²) in [4.78, 5) is 12.0. The molecule has 0 saturated carbocycles. The molecule has 0 atom stereocenters. The van der Waals surface area contributed by atoms with Crippen LogP contribution in [0.4, 0.5) is 11.9 Å². The largest absolute Gasteiger partial charge is 0.350 e. The smallest absolute Gasteiger partial charge is 0.230 e. The first-order chi connectivity index (χ1) is 16.0. The van der Waals surface area contributed by atoms with Crippen LogP contribution in [0.5, 0.6) is 0 Å². The number of hydrogen-bond donors (Lipinski definition) is 2. The minimum Gasteiger partial charge on any atom is -0.350 e. The molecule has 1 aliphatic rings. The number of aryl methyl sites for hydroxylation is 1. The molecule has 0 amide bonds. The van der Waals surface area contributed by atoms with E-state index in [0.29, 0.717) is 18.4 Å². The fraction of sp³-hybridized carbons (Fsp3) is 0.417. The topological polar surface area (TPSA) is 102 Å². The summed E-state index contributed by atoms with van der Waals surface area (Å²) in [5.74, 6) is 1.75. The molecular weight excluding hydrogens is 414 g/mol. The van der Waals surface area contributed by atoms with Gasteiger partial charge in [-0.1, -0.05) is 19.9 Å². The maximum atomic E-state index is 6.12.